The Kier molecular flexibility index (Phi) is 3.13. The molecule has 1 N–H and O–H groups in total. The minimum atomic E-state index is -0.205. The van der Waals surface area contributed by atoms with Crippen LogP contribution in [-0.2, 0) is 0 Å². The molecule has 0 atom stereocenters. The molecule has 2 aromatic rings. The fraction of sp³-hybridized carbons (Fsp3) is 0.308. The van der Waals surface area contributed by atoms with Crippen LogP contribution in [0.5, 0.6) is 0 Å². The molecule has 4 heteroatoms. The first-order chi connectivity index (χ1) is 8.13. The van der Waals surface area contributed by atoms with Gasteiger partial charge in [-0.15, -0.1) is 0 Å². The van der Waals surface area contributed by atoms with E-state index < -0.39 is 0 Å². The highest BCUT2D eigenvalue weighted by Crippen LogP contribution is 2.21. The number of aryl methyl sites for hydroxylation is 2. The average molecular weight is 233 g/mol. The van der Waals surface area contributed by atoms with E-state index in [0.717, 1.165) is 12.2 Å². The van der Waals surface area contributed by atoms with Gasteiger partial charge in [-0.2, -0.15) is 0 Å². The lowest BCUT2D eigenvalue weighted by atomic mass is 10.2. The number of nitrogens with zero attached hydrogens (tertiary/aromatic N) is 2. The van der Waals surface area contributed by atoms with Crippen LogP contribution in [0.2, 0.25) is 0 Å². The van der Waals surface area contributed by atoms with Crippen LogP contribution in [0.15, 0.2) is 24.4 Å². The predicted octanol–water partition coefficient (Wildman–Crippen LogP) is 3.06. The van der Waals surface area contributed by atoms with Crippen molar-refractivity contribution in [1.29, 1.82) is 0 Å². The van der Waals surface area contributed by atoms with Crippen LogP contribution >= 0.6 is 0 Å². The second-order valence-corrected chi connectivity index (χ2v) is 4.01. The molecule has 0 aliphatic heterocycles. The van der Waals surface area contributed by atoms with Gasteiger partial charge in [0, 0.05) is 12.7 Å². The maximum absolute atomic E-state index is 14.0. The van der Waals surface area contributed by atoms with Crippen molar-refractivity contribution in [1.82, 2.24) is 9.55 Å². The molecule has 0 saturated heterocycles. The normalized spacial score (nSPS) is 10.6. The van der Waals surface area contributed by atoms with Gasteiger partial charge in [-0.25, -0.2) is 9.37 Å². The summed E-state index contributed by atoms with van der Waals surface area (Å²) in [6, 6.07) is 5.36. The van der Waals surface area contributed by atoms with Crippen molar-refractivity contribution in [2.45, 2.75) is 20.8 Å². The summed E-state index contributed by atoms with van der Waals surface area (Å²) in [5, 5.41) is 3.13. The van der Waals surface area contributed by atoms with Crippen molar-refractivity contribution in [3.05, 3.63) is 41.5 Å². The molecule has 90 valence electrons. The molecule has 0 bridgehead atoms. The van der Waals surface area contributed by atoms with E-state index in [4.69, 9.17) is 0 Å². The second-order valence-electron chi connectivity index (χ2n) is 4.01. The fourth-order valence-corrected chi connectivity index (χ4v) is 1.78. The quantitative estimate of drug-likeness (QED) is 0.883. The molecule has 3 nitrogen and oxygen atoms in total. The zero-order valence-electron chi connectivity index (χ0n) is 10.3. The van der Waals surface area contributed by atoms with Crippen LogP contribution < -0.4 is 5.32 Å². The zero-order valence-corrected chi connectivity index (χ0v) is 10.3. The van der Waals surface area contributed by atoms with Gasteiger partial charge in [0.2, 0.25) is 5.95 Å². The van der Waals surface area contributed by atoms with Crippen LogP contribution in [0.3, 0.4) is 0 Å². The summed E-state index contributed by atoms with van der Waals surface area (Å²) < 4.78 is 15.8. The van der Waals surface area contributed by atoms with Gasteiger partial charge in [-0.3, -0.25) is 4.57 Å². The molecule has 0 amide bonds. The highest BCUT2D eigenvalue weighted by atomic mass is 19.1. The molecular weight excluding hydrogens is 217 g/mol. The van der Waals surface area contributed by atoms with Gasteiger partial charge in [0.25, 0.3) is 0 Å². The number of hydrogen-bond donors (Lipinski definition) is 1. The highest BCUT2D eigenvalue weighted by molar-refractivity contribution is 5.45. The zero-order chi connectivity index (χ0) is 12.4. The van der Waals surface area contributed by atoms with Gasteiger partial charge in [0.1, 0.15) is 5.82 Å². The van der Waals surface area contributed by atoms with Gasteiger partial charge < -0.3 is 5.32 Å². The minimum Gasteiger partial charge on any atom is -0.356 e. The molecular formula is C13H16FN3. The maximum Gasteiger partial charge on any atom is 0.207 e. The molecule has 0 radical (unpaired) electrons. The van der Waals surface area contributed by atoms with Crippen molar-refractivity contribution < 1.29 is 4.39 Å². The Morgan fingerprint density at radius 2 is 2.12 bits per heavy atom. The summed E-state index contributed by atoms with van der Waals surface area (Å²) in [4.78, 5) is 4.33. The number of rotatable bonds is 3. The van der Waals surface area contributed by atoms with Gasteiger partial charge >= 0.3 is 0 Å². The number of nitrogens with one attached hydrogen (secondary N) is 1. The van der Waals surface area contributed by atoms with Crippen LogP contribution in [0, 0.1) is 19.7 Å². The number of anilines is 1. The lowest BCUT2D eigenvalue weighted by Crippen LogP contribution is -2.06. The topological polar surface area (TPSA) is 29.9 Å². The van der Waals surface area contributed by atoms with Crippen LogP contribution in [0.25, 0.3) is 5.69 Å². The number of hydrogen-bond acceptors (Lipinski definition) is 2. The summed E-state index contributed by atoms with van der Waals surface area (Å²) in [6.07, 6.45) is 1.83. The first-order valence-corrected chi connectivity index (χ1v) is 5.68. The Labute approximate surface area is 100 Å². The van der Waals surface area contributed by atoms with E-state index in [1.165, 1.54) is 0 Å². The van der Waals surface area contributed by atoms with E-state index in [1.54, 1.807) is 23.6 Å². The first-order valence-electron chi connectivity index (χ1n) is 5.68. The highest BCUT2D eigenvalue weighted by Gasteiger charge is 2.11. The first kappa shape index (κ1) is 11.6. The van der Waals surface area contributed by atoms with Gasteiger partial charge in [-0.1, -0.05) is 12.1 Å². The number of aromatic nitrogens is 2. The minimum absolute atomic E-state index is 0.205. The lowest BCUT2D eigenvalue weighted by molar-refractivity contribution is 0.609. The molecule has 0 spiro atoms. The van der Waals surface area contributed by atoms with Gasteiger partial charge in [0.15, 0.2) is 0 Å². The molecule has 1 heterocycles. The van der Waals surface area contributed by atoms with Gasteiger partial charge in [0.05, 0.1) is 11.4 Å². The number of benzene rings is 1. The van der Waals surface area contributed by atoms with E-state index in [9.17, 15) is 4.39 Å². The number of imidazole rings is 1. The molecule has 17 heavy (non-hydrogen) atoms. The largest absolute Gasteiger partial charge is 0.356 e. The third-order valence-electron chi connectivity index (χ3n) is 2.59. The van der Waals surface area contributed by atoms with E-state index in [1.807, 2.05) is 26.1 Å². The van der Waals surface area contributed by atoms with Crippen molar-refractivity contribution in [3.8, 4) is 5.69 Å². The Morgan fingerprint density at radius 3 is 2.82 bits per heavy atom. The van der Waals surface area contributed by atoms with Crippen LogP contribution in [-0.4, -0.2) is 16.1 Å². The monoisotopic (exact) mass is 233 g/mol. The third-order valence-corrected chi connectivity index (χ3v) is 2.59. The van der Waals surface area contributed by atoms with Crippen LogP contribution in [0.4, 0.5) is 10.3 Å². The molecule has 0 unspecified atom stereocenters. The lowest BCUT2D eigenvalue weighted by Gasteiger charge is -2.10. The van der Waals surface area contributed by atoms with Crippen molar-refractivity contribution in [2.24, 2.45) is 0 Å². The van der Waals surface area contributed by atoms with Crippen molar-refractivity contribution >= 4 is 5.95 Å². The average Bonchev–Trinajstić information content (AvgIpc) is 2.64. The summed E-state index contributed by atoms with van der Waals surface area (Å²) in [5.41, 5.74) is 2.03. The Balaban J connectivity index is 2.55. The Hall–Kier alpha value is -1.84. The smallest absolute Gasteiger partial charge is 0.207 e. The van der Waals surface area contributed by atoms with E-state index in [0.29, 0.717) is 17.2 Å². The maximum atomic E-state index is 14.0. The second kappa shape index (κ2) is 4.57. The molecule has 0 aliphatic rings. The van der Waals surface area contributed by atoms with Crippen LogP contribution in [0.1, 0.15) is 18.2 Å². The van der Waals surface area contributed by atoms with Crippen molar-refractivity contribution in [3.63, 3.8) is 0 Å². The van der Waals surface area contributed by atoms with E-state index >= 15 is 0 Å². The fourth-order valence-electron chi connectivity index (χ4n) is 1.78. The predicted molar refractivity (Wildman–Crippen MR) is 67.2 cm³/mol. The van der Waals surface area contributed by atoms with Gasteiger partial charge in [-0.05, 0) is 32.4 Å². The Morgan fingerprint density at radius 1 is 1.35 bits per heavy atom. The molecule has 1 aromatic heterocycles. The van der Waals surface area contributed by atoms with E-state index in [-0.39, 0.29) is 5.82 Å². The molecule has 0 fully saturated rings. The molecule has 2 rings (SSSR count). The molecule has 0 aliphatic carbocycles. The third kappa shape index (κ3) is 2.16. The summed E-state index contributed by atoms with van der Waals surface area (Å²) in [6.45, 7) is 6.39. The summed E-state index contributed by atoms with van der Waals surface area (Å²) in [5.74, 6) is 0.471. The van der Waals surface area contributed by atoms with E-state index in [2.05, 4.69) is 10.3 Å². The summed E-state index contributed by atoms with van der Waals surface area (Å²) >= 11 is 0. The number of halogens is 1. The SMILES string of the molecule is CCNc1nc(C)cn1-c1cccc(C)c1F. The molecule has 1 aromatic carbocycles. The summed E-state index contributed by atoms with van der Waals surface area (Å²) in [7, 11) is 0. The Bertz CT molecular complexity index is 531. The van der Waals surface area contributed by atoms with Crippen molar-refractivity contribution in [2.75, 3.05) is 11.9 Å². The molecule has 0 saturated carbocycles. The standard InChI is InChI=1S/C13H16FN3/c1-4-15-13-16-10(3)8-17(13)11-7-5-6-9(2)12(11)14/h5-8H,4H2,1-3H3,(H,15,16).